The molecule has 0 saturated heterocycles. The molecule has 1 nitrogen and oxygen atoms in total. The number of nitrogens with zero attached hydrogens (tertiary/aromatic N) is 1. The van der Waals surface area contributed by atoms with E-state index in [4.69, 9.17) is 5.26 Å². The second kappa shape index (κ2) is 3.58. The van der Waals surface area contributed by atoms with Crippen molar-refractivity contribution in [3.8, 4) is 6.07 Å². The highest BCUT2D eigenvalue weighted by molar-refractivity contribution is 9.10. The Hall–Kier alpha value is -1.09. The highest BCUT2D eigenvalue weighted by Gasteiger charge is 2.33. The van der Waals surface area contributed by atoms with E-state index in [0.29, 0.717) is 12.1 Å². The van der Waals surface area contributed by atoms with Crippen molar-refractivity contribution < 1.29 is 17.6 Å². The molecule has 6 heteroatoms. The Morgan fingerprint density at radius 1 is 1.29 bits per heavy atom. The number of hydrogen-bond acceptors (Lipinski definition) is 1. The molecule has 0 amide bonds. The molecule has 0 unspecified atom stereocenters. The molecular weight excluding hydrogens is 266 g/mol. The SMILES string of the molecule is N#Cc1cc(C(F)(F)F)c(Br)cc1F. The summed E-state index contributed by atoms with van der Waals surface area (Å²) in [4.78, 5) is 0. The summed E-state index contributed by atoms with van der Waals surface area (Å²) in [6.07, 6.45) is -4.60. The molecule has 0 aliphatic carbocycles. The quantitative estimate of drug-likeness (QED) is 0.661. The van der Waals surface area contributed by atoms with Crippen molar-refractivity contribution in [2.45, 2.75) is 6.18 Å². The van der Waals surface area contributed by atoms with Crippen molar-refractivity contribution in [2.75, 3.05) is 0 Å². The summed E-state index contributed by atoms with van der Waals surface area (Å²) in [5.74, 6) is -0.979. The van der Waals surface area contributed by atoms with E-state index in [1.807, 2.05) is 0 Å². The fourth-order valence-electron chi connectivity index (χ4n) is 0.852. The zero-order valence-corrected chi connectivity index (χ0v) is 8.08. The third kappa shape index (κ3) is 2.04. The first-order valence-electron chi connectivity index (χ1n) is 3.32. The molecule has 1 rings (SSSR count). The number of halogens is 5. The normalized spacial score (nSPS) is 11.1. The van der Waals surface area contributed by atoms with Crippen LogP contribution >= 0.6 is 15.9 Å². The standard InChI is InChI=1S/C8H2BrF4N/c9-6-2-7(10)4(3-14)1-5(6)8(11,12)13/h1-2H. The van der Waals surface area contributed by atoms with Crippen LogP contribution < -0.4 is 0 Å². The minimum atomic E-state index is -4.60. The van der Waals surface area contributed by atoms with Crippen LogP contribution in [0.5, 0.6) is 0 Å². The zero-order chi connectivity index (χ0) is 10.9. The van der Waals surface area contributed by atoms with Crippen molar-refractivity contribution in [3.05, 3.63) is 33.5 Å². The fraction of sp³-hybridized carbons (Fsp3) is 0.125. The summed E-state index contributed by atoms with van der Waals surface area (Å²) in [6, 6.07) is 2.44. The van der Waals surface area contributed by atoms with E-state index >= 15 is 0 Å². The molecule has 0 atom stereocenters. The summed E-state index contributed by atoms with van der Waals surface area (Å²) in [7, 11) is 0. The molecule has 0 saturated carbocycles. The van der Waals surface area contributed by atoms with Crippen LogP contribution in [0.15, 0.2) is 16.6 Å². The average Bonchev–Trinajstić information content (AvgIpc) is 2.02. The van der Waals surface area contributed by atoms with E-state index in [1.54, 1.807) is 0 Å². The van der Waals surface area contributed by atoms with Crippen molar-refractivity contribution in [3.63, 3.8) is 0 Å². The molecular formula is C8H2BrF4N. The van der Waals surface area contributed by atoms with Gasteiger partial charge in [0.05, 0.1) is 11.1 Å². The largest absolute Gasteiger partial charge is 0.417 e. The molecule has 0 heterocycles. The molecule has 0 radical (unpaired) electrons. The van der Waals surface area contributed by atoms with Crippen molar-refractivity contribution in [2.24, 2.45) is 0 Å². The number of rotatable bonds is 0. The second-order valence-corrected chi connectivity index (χ2v) is 3.28. The molecule has 0 fully saturated rings. The highest BCUT2D eigenvalue weighted by atomic mass is 79.9. The molecule has 0 bridgehead atoms. The molecule has 14 heavy (non-hydrogen) atoms. The molecule has 0 spiro atoms. The highest BCUT2D eigenvalue weighted by Crippen LogP contribution is 2.35. The monoisotopic (exact) mass is 267 g/mol. The van der Waals surface area contributed by atoms with Crippen LogP contribution in [-0.2, 0) is 6.18 Å². The lowest BCUT2D eigenvalue weighted by molar-refractivity contribution is -0.138. The predicted octanol–water partition coefficient (Wildman–Crippen LogP) is 3.48. The van der Waals surface area contributed by atoms with Gasteiger partial charge in [-0.1, -0.05) is 15.9 Å². The van der Waals surface area contributed by atoms with Crippen molar-refractivity contribution >= 4 is 15.9 Å². The Balaban J connectivity index is 3.41. The lowest BCUT2D eigenvalue weighted by Gasteiger charge is -2.09. The Labute approximate surface area is 85.1 Å². The Morgan fingerprint density at radius 2 is 1.86 bits per heavy atom. The van der Waals surface area contributed by atoms with Crippen LogP contribution in [0.4, 0.5) is 17.6 Å². The van der Waals surface area contributed by atoms with Crippen molar-refractivity contribution in [1.29, 1.82) is 5.26 Å². The van der Waals surface area contributed by atoms with Crippen LogP contribution in [-0.4, -0.2) is 0 Å². The Kier molecular flexibility index (Phi) is 2.81. The lowest BCUT2D eigenvalue weighted by Crippen LogP contribution is -2.07. The van der Waals surface area contributed by atoms with Crippen LogP contribution in [0.2, 0.25) is 0 Å². The van der Waals surface area contributed by atoms with Crippen LogP contribution in [0.25, 0.3) is 0 Å². The minimum absolute atomic E-state index is 0.415. The van der Waals surface area contributed by atoms with E-state index in [-0.39, 0.29) is 0 Å². The topological polar surface area (TPSA) is 23.8 Å². The van der Waals surface area contributed by atoms with Gasteiger partial charge in [0.1, 0.15) is 11.9 Å². The van der Waals surface area contributed by atoms with Gasteiger partial charge in [-0.15, -0.1) is 0 Å². The second-order valence-electron chi connectivity index (χ2n) is 2.42. The maximum absolute atomic E-state index is 12.8. The van der Waals surface area contributed by atoms with E-state index in [0.717, 1.165) is 0 Å². The van der Waals surface area contributed by atoms with Crippen molar-refractivity contribution in [1.82, 2.24) is 0 Å². The summed E-state index contributed by atoms with van der Waals surface area (Å²) in [5.41, 5.74) is -1.68. The molecule has 1 aromatic carbocycles. The van der Waals surface area contributed by atoms with E-state index in [9.17, 15) is 17.6 Å². The van der Waals surface area contributed by atoms with Gasteiger partial charge in [0.15, 0.2) is 0 Å². The average molecular weight is 268 g/mol. The third-order valence-electron chi connectivity index (χ3n) is 1.48. The van der Waals surface area contributed by atoms with Crippen LogP contribution in [0.3, 0.4) is 0 Å². The van der Waals surface area contributed by atoms with Gasteiger partial charge < -0.3 is 0 Å². The van der Waals surface area contributed by atoms with Gasteiger partial charge in [0.25, 0.3) is 0 Å². The molecule has 74 valence electrons. The van der Waals surface area contributed by atoms with Gasteiger partial charge in [-0.05, 0) is 12.1 Å². The van der Waals surface area contributed by atoms with Gasteiger partial charge >= 0.3 is 6.18 Å². The Morgan fingerprint density at radius 3 is 2.29 bits per heavy atom. The smallest absolute Gasteiger partial charge is 0.206 e. The van der Waals surface area contributed by atoms with E-state index < -0.39 is 27.6 Å². The van der Waals surface area contributed by atoms with E-state index in [2.05, 4.69) is 15.9 Å². The van der Waals surface area contributed by atoms with Gasteiger partial charge in [0, 0.05) is 4.47 Å². The summed E-state index contributed by atoms with van der Waals surface area (Å²) >= 11 is 2.58. The fourth-order valence-corrected chi connectivity index (χ4v) is 1.39. The van der Waals surface area contributed by atoms with E-state index in [1.165, 1.54) is 6.07 Å². The van der Waals surface area contributed by atoms with Gasteiger partial charge in [-0.2, -0.15) is 18.4 Å². The number of benzene rings is 1. The van der Waals surface area contributed by atoms with Crippen LogP contribution in [0.1, 0.15) is 11.1 Å². The van der Waals surface area contributed by atoms with Gasteiger partial charge in [-0.25, -0.2) is 4.39 Å². The lowest BCUT2D eigenvalue weighted by atomic mass is 10.1. The van der Waals surface area contributed by atoms with Gasteiger partial charge in [-0.3, -0.25) is 0 Å². The first kappa shape index (κ1) is 11.0. The van der Waals surface area contributed by atoms with Crippen LogP contribution in [0, 0.1) is 17.1 Å². The molecule has 0 aliphatic rings. The molecule has 0 aliphatic heterocycles. The minimum Gasteiger partial charge on any atom is -0.206 e. The molecule has 0 aromatic heterocycles. The summed E-state index contributed by atoms with van der Waals surface area (Å²) in [6.45, 7) is 0. The first-order chi connectivity index (χ1) is 6.36. The number of nitriles is 1. The maximum Gasteiger partial charge on any atom is 0.417 e. The first-order valence-corrected chi connectivity index (χ1v) is 4.12. The number of hydrogen-bond donors (Lipinski definition) is 0. The summed E-state index contributed by atoms with van der Waals surface area (Å²) in [5, 5.41) is 8.33. The predicted molar refractivity (Wildman–Crippen MR) is 43.8 cm³/mol. The summed E-state index contributed by atoms with van der Waals surface area (Å²) < 4.78 is 49.1. The Bertz CT molecular complexity index is 405. The number of alkyl halides is 3. The molecule has 0 N–H and O–H groups in total. The maximum atomic E-state index is 12.8. The third-order valence-corrected chi connectivity index (χ3v) is 2.14. The molecule has 1 aromatic rings. The van der Waals surface area contributed by atoms with Gasteiger partial charge in [0.2, 0.25) is 0 Å². The zero-order valence-electron chi connectivity index (χ0n) is 6.49.